The van der Waals surface area contributed by atoms with Crippen LogP contribution in [0.1, 0.15) is 5.56 Å². The monoisotopic (exact) mass is 245 g/mol. The van der Waals surface area contributed by atoms with E-state index in [9.17, 15) is 9.59 Å². The third-order valence-corrected chi connectivity index (χ3v) is 2.44. The maximum Gasteiger partial charge on any atom is 0.241 e. The van der Waals surface area contributed by atoms with Crippen LogP contribution in [-0.4, -0.2) is 13.0 Å². The Hall–Kier alpha value is -2.56. The first kappa shape index (κ1) is 11.9. The van der Waals surface area contributed by atoms with Gasteiger partial charge in [-0.1, -0.05) is 0 Å². The van der Waals surface area contributed by atoms with Gasteiger partial charge in [0.05, 0.1) is 18.1 Å². The van der Waals surface area contributed by atoms with Crippen LogP contribution in [-0.2, 0) is 4.79 Å². The van der Waals surface area contributed by atoms with Gasteiger partial charge in [0.2, 0.25) is 5.91 Å². The number of nitrogens with two attached hydrogens (primary N) is 1. The highest BCUT2D eigenvalue weighted by molar-refractivity contribution is 5.90. The first-order valence-corrected chi connectivity index (χ1v) is 5.19. The van der Waals surface area contributed by atoms with Crippen molar-refractivity contribution in [3.05, 3.63) is 46.3 Å². The first-order chi connectivity index (χ1) is 8.61. The molecule has 0 aliphatic rings. The Balaban J connectivity index is 2.58. The topological polar surface area (TPSA) is 82.5 Å². The lowest BCUT2D eigenvalue weighted by Crippen LogP contribution is -2.08. The van der Waals surface area contributed by atoms with Gasteiger partial charge in [-0.15, -0.1) is 0 Å². The van der Waals surface area contributed by atoms with E-state index in [1.54, 1.807) is 18.2 Å². The third kappa shape index (κ3) is 2.24. The van der Waals surface area contributed by atoms with Gasteiger partial charge in [0, 0.05) is 12.1 Å². The van der Waals surface area contributed by atoms with E-state index in [-0.39, 0.29) is 11.0 Å². The number of hydrogen-bond donors (Lipinski definition) is 1. The van der Waals surface area contributed by atoms with Gasteiger partial charge in [-0.2, -0.15) is 0 Å². The molecule has 18 heavy (non-hydrogen) atoms. The van der Waals surface area contributed by atoms with Gasteiger partial charge in [0.15, 0.2) is 5.43 Å². The molecule has 2 N–H and O–H groups in total. The van der Waals surface area contributed by atoms with Gasteiger partial charge < -0.3 is 14.9 Å². The van der Waals surface area contributed by atoms with E-state index in [0.29, 0.717) is 16.7 Å². The van der Waals surface area contributed by atoms with Crippen molar-refractivity contribution in [2.24, 2.45) is 5.73 Å². The summed E-state index contributed by atoms with van der Waals surface area (Å²) in [6.07, 6.45) is 3.73. The minimum absolute atomic E-state index is 0.226. The van der Waals surface area contributed by atoms with Crippen LogP contribution in [0.4, 0.5) is 0 Å². The lowest BCUT2D eigenvalue weighted by Gasteiger charge is -2.01. The van der Waals surface area contributed by atoms with Crippen molar-refractivity contribution in [1.29, 1.82) is 0 Å². The molecule has 92 valence electrons. The second kappa shape index (κ2) is 4.75. The van der Waals surface area contributed by atoms with Gasteiger partial charge in [-0.05, 0) is 18.2 Å². The first-order valence-electron chi connectivity index (χ1n) is 5.19. The summed E-state index contributed by atoms with van der Waals surface area (Å²) < 4.78 is 10.3. The van der Waals surface area contributed by atoms with Crippen LogP contribution in [0.2, 0.25) is 0 Å². The number of amides is 1. The largest absolute Gasteiger partial charge is 0.497 e. The Labute approximate surface area is 102 Å². The zero-order valence-corrected chi connectivity index (χ0v) is 9.67. The molecule has 0 radical (unpaired) electrons. The van der Waals surface area contributed by atoms with E-state index in [0.717, 1.165) is 6.08 Å². The summed E-state index contributed by atoms with van der Waals surface area (Å²) in [5.74, 6) is -0.0182. The number of rotatable bonds is 3. The van der Waals surface area contributed by atoms with Gasteiger partial charge in [0.1, 0.15) is 17.6 Å². The molecule has 0 unspecified atom stereocenters. The predicted molar refractivity (Wildman–Crippen MR) is 67.3 cm³/mol. The molecular weight excluding hydrogens is 234 g/mol. The highest BCUT2D eigenvalue weighted by Crippen LogP contribution is 2.18. The number of benzene rings is 1. The summed E-state index contributed by atoms with van der Waals surface area (Å²) in [6.45, 7) is 0. The molecule has 0 spiro atoms. The maximum absolute atomic E-state index is 12.0. The molecular formula is C13H11NO4. The standard InChI is InChI=1S/C13H11NO4/c1-17-9-3-4-10-11(6-9)18-7-8(13(10)16)2-5-12(14)15/h2-7H,1H3,(H2,14,15)/b5-2+. The summed E-state index contributed by atoms with van der Waals surface area (Å²) in [5.41, 5.74) is 5.44. The highest BCUT2D eigenvalue weighted by atomic mass is 16.5. The van der Waals surface area contributed by atoms with Gasteiger partial charge >= 0.3 is 0 Å². The summed E-state index contributed by atoms with van der Waals surface area (Å²) in [5, 5.41) is 0.419. The van der Waals surface area contributed by atoms with Crippen molar-refractivity contribution in [2.45, 2.75) is 0 Å². The average Bonchev–Trinajstić information content (AvgIpc) is 2.37. The van der Waals surface area contributed by atoms with Crippen molar-refractivity contribution in [2.75, 3.05) is 7.11 Å². The summed E-state index contributed by atoms with van der Waals surface area (Å²) in [6, 6.07) is 4.90. The third-order valence-electron chi connectivity index (χ3n) is 2.44. The average molecular weight is 245 g/mol. The molecule has 2 aromatic rings. The number of carbonyl (C=O) groups is 1. The van der Waals surface area contributed by atoms with Gasteiger partial charge in [-0.25, -0.2) is 0 Å². The number of carbonyl (C=O) groups excluding carboxylic acids is 1. The molecule has 0 saturated heterocycles. The number of primary amides is 1. The molecule has 0 saturated carbocycles. The Morgan fingerprint density at radius 2 is 2.22 bits per heavy atom. The fourth-order valence-electron chi connectivity index (χ4n) is 1.54. The SMILES string of the molecule is COc1ccc2c(=O)c(/C=C/C(N)=O)coc2c1. The van der Waals surface area contributed by atoms with Crippen molar-refractivity contribution in [3.8, 4) is 5.75 Å². The quantitative estimate of drug-likeness (QED) is 0.826. The number of ether oxygens (including phenoxy) is 1. The molecule has 1 aromatic heterocycles. The number of hydrogen-bond acceptors (Lipinski definition) is 4. The zero-order chi connectivity index (χ0) is 13.1. The second-order valence-electron chi connectivity index (χ2n) is 3.62. The van der Waals surface area contributed by atoms with Crippen molar-refractivity contribution in [1.82, 2.24) is 0 Å². The van der Waals surface area contributed by atoms with Crippen LogP contribution in [0.25, 0.3) is 17.0 Å². The van der Waals surface area contributed by atoms with Gasteiger partial charge in [-0.3, -0.25) is 9.59 Å². The molecule has 0 fully saturated rings. The Morgan fingerprint density at radius 3 is 2.89 bits per heavy atom. The van der Waals surface area contributed by atoms with Gasteiger partial charge in [0.25, 0.3) is 0 Å². The van der Waals surface area contributed by atoms with Crippen molar-refractivity contribution >= 4 is 23.0 Å². The molecule has 0 aliphatic carbocycles. The summed E-state index contributed by atoms with van der Waals surface area (Å²) in [7, 11) is 1.53. The van der Waals surface area contributed by atoms with E-state index in [1.807, 2.05) is 0 Å². The molecule has 1 aromatic carbocycles. The normalized spacial score (nSPS) is 10.9. The Kier molecular flexibility index (Phi) is 3.14. The lowest BCUT2D eigenvalue weighted by atomic mass is 10.1. The zero-order valence-electron chi connectivity index (χ0n) is 9.67. The summed E-state index contributed by atoms with van der Waals surface area (Å²) >= 11 is 0. The smallest absolute Gasteiger partial charge is 0.241 e. The Morgan fingerprint density at radius 1 is 1.44 bits per heavy atom. The second-order valence-corrected chi connectivity index (χ2v) is 3.62. The van der Waals surface area contributed by atoms with Crippen molar-refractivity contribution in [3.63, 3.8) is 0 Å². The van der Waals surface area contributed by atoms with Crippen LogP contribution in [0.5, 0.6) is 5.75 Å². The van der Waals surface area contributed by atoms with E-state index in [1.165, 1.54) is 19.4 Å². The predicted octanol–water partition coefficient (Wildman–Crippen LogP) is 1.30. The van der Waals surface area contributed by atoms with Crippen LogP contribution in [0.3, 0.4) is 0 Å². The number of fused-ring (bicyclic) bond motifs is 1. The summed E-state index contributed by atoms with van der Waals surface area (Å²) in [4.78, 5) is 22.7. The fourth-order valence-corrected chi connectivity index (χ4v) is 1.54. The molecule has 1 heterocycles. The van der Waals surface area contributed by atoms with Crippen LogP contribution in [0, 0.1) is 0 Å². The molecule has 0 atom stereocenters. The minimum Gasteiger partial charge on any atom is -0.497 e. The highest BCUT2D eigenvalue weighted by Gasteiger charge is 2.06. The van der Waals surface area contributed by atoms with E-state index in [4.69, 9.17) is 14.9 Å². The molecule has 0 bridgehead atoms. The van der Waals surface area contributed by atoms with Crippen LogP contribution in [0.15, 0.2) is 39.7 Å². The van der Waals surface area contributed by atoms with Crippen LogP contribution < -0.4 is 15.9 Å². The van der Waals surface area contributed by atoms with E-state index in [2.05, 4.69) is 0 Å². The maximum atomic E-state index is 12.0. The van der Waals surface area contributed by atoms with Crippen molar-refractivity contribution < 1.29 is 13.9 Å². The lowest BCUT2D eigenvalue weighted by molar-refractivity contribution is -0.113. The molecule has 5 heteroatoms. The number of methoxy groups -OCH3 is 1. The molecule has 0 aliphatic heterocycles. The molecule has 1 amide bonds. The molecule has 2 rings (SSSR count). The molecule has 5 nitrogen and oxygen atoms in total. The Bertz CT molecular complexity index is 685. The minimum atomic E-state index is -0.621. The fraction of sp³-hybridized carbons (Fsp3) is 0.0769. The van der Waals surface area contributed by atoms with E-state index < -0.39 is 5.91 Å². The van der Waals surface area contributed by atoms with Crippen LogP contribution >= 0.6 is 0 Å². The van der Waals surface area contributed by atoms with E-state index >= 15 is 0 Å².